The topological polar surface area (TPSA) is 21.6 Å². The lowest BCUT2D eigenvalue weighted by atomic mass is 10.1. The molecule has 1 rings (SSSR count). The van der Waals surface area contributed by atoms with Gasteiger partial charge in [0.2, 0.25) is 0 Å². The first-order chi connectivity index (χ1) is 3.80. The van der Waals surface area contributed by atoms with Gasteiger partial charge in [0.1, 0.15) is 6.61 Å². The average molecular weight is 114 g/mol. The summed E-state index contributed by atoms with van der Waals surface area (Å²) >= 11 is 0. The number of ether oxygens (including phenoxy) is 1. The summed E-state index contributed by atoms with van der Waals surface area (Å²) in [6.07, 6.45) is 1.55. The molecule has 0 unspecified atom stereocenters. The minimum absolute atomic E-state index is 0.412. The highest BCUT2D eigenvalue weighted by Crippen LogP contribution is 2.09. The number of hydrogen-bond acceptors (Lipinski definition) is 2. The number of nitrogens with zero attached hydrogens (tertiary/aromatic N) is 1. The fraction of sp³-hybridized carbons (Fsp3) is 0.833. The smallest absolute Gasteiger partial charge is 0.169 e. The lowest BCUT2D eigenvalue weighted by Crippen LogP contribution is -2.13. The van der Waals surface area contributed by atoms with Crippen LogP contribution in [-0.4, -0.2) is 19.0 Å². The molecule has 1 heterocycles. The summed E-state index contributed by atoms with van der Waals surface area (Å²) in [4.78, 5) is 4.09. The zero-order valence-electron chi connectivity index (χ0n) is 5.29. The fourth-order valence-corrected chi connectivity index (χ4v) is 0.670. The molecule has 0 saturated heterocycles. The van der Waals surface area contributed by atoms with E-state index in [9.17, 15) is 0 Å². The van der Waals surface area contributed by atoms with E-state index >= 15 is 0 Å². The second-order valence-corrected chi connectivity index (χ2v) is 2.40. The lowest BCUT2D eigenvalue weighted by Gasteiger charge is -2.06. The van der Waals surface area contributed by atoms with Gasteiger partial charge in [-0.15, -0.1) is 0 Å². The summed E-state index contributed by atoms with van der Waals surface area (Å²) in [5.41, 5.74) is 0. The van der Waals surface area contributed by atoms with E-state index in [-0.39, 0.29) is 0 Å². The molecule has 46 valence electrons. The van der Waals surface area contributed by atoms with Crippen molar-refractivity contribution in [3.63, 3.8) is 0 Å². The van der Waals surface area contributed by atoms with Gasteiger partial charge in [-0.1, -0.05) is 13.8 Å². The van der Waals surface area contributed by atoms with Crippen molar-refractivity contribution in [1.82, 2.24) is 0 Å². The van der Waals surface area contributed by atoms with Gasteiger partial charge in [-0.3, -0.25) is 4.99 Å². The molecule has 0 bridgehead atoms. The van der Waals surface area contributed by atoms with Crippen molar-refractivity contribution in [3.05, 3.63) is 0 Å². The zero-order valence-corrected chi connectivity index (χ0v) is 5.29. The molecule has 0 aromatic carbocycles. The van der Waals surface area contributed by atoms with Gasteiger partial charge in [0.25, 0.3) is 0 Å². The number of hydrogen-bond donors (Lipinski definition) is 0. The van der Waals surface area contributed by atoms with Gasteiger partial charge in [0, 0.05) is 0 Å². The van der Waals surface area contributed by atoms with Crippen LogP contribution in [0.2, 0.25) is 0 Å². The molecule has 0 radical (unpaired) electrons. The summed E-state index contributed by atoms with van der Waals surface area (Å²) < 4.78 is 4.93. The maximum Gasteiger partial charge on any atom is 0.169 e. The summed E-state index contributed by atoms with van der Waals surface area (Å²) in [5.74, 6) is 0.619. The Morgan fingerprint density at radius 1 is 1.75 bits per heavy atom. The Balaban J connectivity index is 2.36. The Hall–Kier alpha value is -0.530. The Bertz CT molecular complexity index is 98.7. The fourth-order valence-electron chi connectivity index (χ4n) is 0.670. The second-order valence-electron chi connectivity index (χ2n) is 2.40. The summed E-state index contributed by atoms with van der Waals surface area (Å²) in [6, 6.07) is 0.412. The third kappa shape index (κ3) is 0.997. The molecule has 1 aliphatic rings. The Morgan fingerprint density at radius 3 is 2.75 bits per heavy atom. The van der Waals surface area contributed by atoms with Crippen molar-refractivity contribution >= 4 is 6.40 Å². The molecule has 1 atom stereocenters. The molecule has 0 fully saturated rings. The molecule has 2 heteroatoms. The number of rotatable bonds is 1. The maximum absolute atomic E-state index is 4.93. The van der Waals surface area contributed by atoms with Gasteiger partial charge in [-0.2, -0.15) is 0 Å². The van der Waals surface area contributed by atoms with Gasteiger partial charge < -0.3 is 4.74 Å². The Kier molecular flexibility index (Phi) is 1.51. The van der Waals surface area contributed by atoms with Crippen LogP contribution >= 0.6 is 0 Å². The van der Waals surface area contributed by atoms with E-state index in [1.54, 1.807) is 6.40 Å². The summed E-state index contributed by atoms with van der Waals surface area (Å²) in [6.45, 7) is 5.07. The quantitative estimate of drug-likeness (QED) is 0.467. The second kappa shape index (κ2) is 2.16. The molecule has 0 aliphatic carbocycles. The van der Waals surface area contributed by atoms with E-state index in [2.05, 4.69) is 18.8 Å². The Morgan fingerprint density at radius 2 is 2.50 bits per heavy atom. The van der Waals surface area contributed by atoms with Crippen molar-refractivity contribution in [2.75, 3.05) is 6.61 Å². The van der Waals surface area contributed by atoms with E-state index in [4.69, 9.17) is 4.74 Å². The van der Waals surface area contributed by atoms with Gasteiger partial charge in [-0.25, -0.2) is 0 Å². The standard InChI is InChI=1S/C6H11NO/c1-5(2)6-3-8-4-7-6/h4-6H,3H2,1-2H3/t6-/m1/s1/i4+1. The van der Waals surface area contributed by atoms with E-state index in [0.717, 1.165) is 6.61 Å². The first-order valence-electron chi connectivity index (χ1n) is 2.94. The molecule has 0 N–H and O–H groups in total. The normalized spacial score (nSPS) is 26.6. The van der Waals surface area contributed by atoms with Crippen LogP contribution in [0.25, 0.3) is 0 Å². The van der Waals surface area contributed by atoms with Crippen LogP contribution < -0.4 is 0 Å². The molecule has 1 aliphatic heterocycles. The van der Waals surface area contributed by atoms with Crippen molar-refractivity contribution in [3.8, 4) is 0 Å². The first-order valence-corrected chi connectivity index (χ1v) is 2.94. The molecule has 0 aromatic heterocycles. The van der Waals surface area contributed by atoms with E-state index in [1.807, 2.05) is 0 Å². The summed E-state index contributed by atoms with van der Waals surface area (Å²) in [5, 5.41) is 0. The highest BCUT2D eigenvalue weighted by Gasteiger charge is 2.14. The van der Waals surface area contributed by atoms with Crippen LogP contribution in [0.5, 0.6) is 0 Å². The average Bonchev–Trinajstić information content (AvgIpc) is 2.12. The Labute approximate surface area is 49.6 Å². The van der Waals surface area contributed by atoms with Crippen LogP contribution in [0.4, 0.5) is 0 Å². The van der Waals surface area contributed by atoms with Gasteiger partial charge in [0.15, 0.2) is 6.40 Å². The van der Waals surface area contributed by atoms with Crippen molar-refractivity contribution in [1.29, 1.82) is 0 Å². The van der Waals surface area contributed by atoms with Crippen molar-refractivity contribution in [2.45, 2.75) is 19.9 Å². The summed E-state index contributed by atoms with van der Waals surface area (Å²) in [7, 11) is 0. The zero-order chi connectivity index (χ0) is 5.98. The van der Waals surface area contributed by atoms with E-state index in [0.29, 0.717) is 12.0 Å². The third-order valence-corrected chi connectivity index (χ3v) is 1.36. The SMILES string of the molecule is CC(C)[C@H]1CO[13CH]=N1. The minimum atomic E-state index is 0.412. The predicted molar refractivity (Wildman–Crippen MR) is 33.1 cm³/mol. The van der Waals surface area contributed by atoms with Crippen LogP contribution in [0.1, 0.15) is 13.8 Å². The van der Waals surface area contributed by atoms with Crippen LogP contribution in [0.15, 0.2) is 4.99 Å². The van der Waals surface area contributed by atoms with E-state index < -0.39 is 0 Å². The van der Waals surface area contributed by atoms with Crippen molar-refractivity contribution < 1.29 is 4.74 Å². The monoisotopic (exact) mass is 114 g/mol. The first kappa shape index (κ1) is 5.60. The minimum Gasteiger partial charge on any atom is -0.481 e. The van der Waals surface area contributed by atoms with Gasteiger partial charge in [0.05, 0.1) is 6.04 Å². The largest absolute Gasteiger partial charge is 0.481 e. The number of aliphatic imine (C=N–C) groups is 1. The molecular formula is C6H11NO. The van der Waals surface area contributed by atoms with E-state index in [1.165, 1.54) is 0 Å². The molecule has 0 amide bonds. The molecular weight excluding hydrogens is 103 g/mol. The molecule has 0 spiro atoms. The van der Waals surface area contributed by atoms with Crippen LogP contribution in [-0.2, 0) is 4.74 Å². The van der Waals surface area contributed by atoms with Crippen LogP contribution in [0.3, 0.4) is 0 Å². The van der Waals surface area contributed by atoms with Crippen molar-refractivity contribution in [2.24, 2.45) is 10.9 Å². The lowest BCUT2D eigenvalue weighted by molar-refractivity contribution is 0.299. The predicted octanol–water partition coefficient (Wildman–Crippen LogP) is 1.07. The highest BCUT2D eigenvalue weighted by atomic mass is 16.5. The third-order valence-electron chi connectivity index (χ3n) is 1.36. The highest BCUT2D eigenvalue weighted by molar-refractivity contribution is 5.48. The van der Waals surface area contributed by atoms with Crippen LogP contribution in [0, 0.1) is 5.92 Å². The maximum atomic E-state index is 4.93. The molecule has 8 heavy (non-hydrogen) atoms. The molecule has 2 nitrogen and oxygen atoms in total. The van der Waals surface area contributed by atoms with Gasteiger partial charge in [-0.05, 0) is 5.92 Å². The molecule has 0 saturated carbocycles. The molecule has 0 aromatic rings. The van der Waals surface area contributed by atoms with Gasteiger partial charge >= 0.3 is 0 Å².